The summed E-state index contributed by atoms with van der Waals surface area (Å²) in [6.07, 6.45) is 0. The lowest BCUT2D eigenvalue weighted by Crippen LogP contribution is -2.23. The van der Waals surface area contributed by atoms with Crippen molar-refractivity contribution in [2.75, 3.05) is 0 Å². The fraction of sp³-hybridized carbons (Fsp3) is 0.333. The van der Waals surface area contributed by atoms with Crippen LogP contribution in [-0.2, 0) is 4.79 Å². The molecule has 1 aromatic heterocycles. The summed E-state index contributed by atoms with van der Waals surface area (Å²) in [7, 11) is 0. The summed E-state index contributed by atoms with van der Waals surface area (Å²) < 4.78 is 1.65. The SMILES string of the molecule is Cc1cccc(C)c1-n1nnnc1S[C@@H](C)C(N)=O. The highest BCUT2D eigenvalue weighted by Gasteiger charge is 2.18. The third kappa shape index (κ3) is 2.76. The van der Waals surface area contributed by atoms with Crippen LogP contribution < -0.4 is 5.73 Å². The number of tetrazole rings is 1. The molecule has 2 rings (SSSR count). The lowest BCUT2D eigenvalue weighted by atomic mass is 10.1. The van der Waals surface area contributed by atoms with Crippen molar-refractivity contribution in [3.8, 4) is 5.69 Å². The van der Waals surface area contributed by atoms with Crippen LogP contribution in [-0.4, -0.2) is 31.4 Å². The number of hydrogen-bond acceptors (Lipinski definition) is 5. The van der Waals surface area contributed by atoms with Crippen LogP contribution in [0, 0.1) is 13.8 Å². The number of para-hydroxylation sites is 1. The summed E-state index contributed by atoms with van der Waals surface area (Å²) in [5.41, 5.74) is 8.34. The standard InChI is InChI=1S/C12H15N5OS/c1-7-5-4-6-8(2)10(7)17-12(14-15-16-17)19-9(3)11(13)18/h4-6,9H,1-3H3,(H2,13,18)/t9-/m0/s1. The molecule has 0 radical (unpaired) electrons. The lowest BCUT2D eigenvalue weighted by molar-refractivity contribution is -0.117. The van der Waals surface area contributed by atoms with E-state index in [1.54, 1.807) is 11.6 Å². The third-order valence-corrected chi connectivity index (χ3v) is 3.83. The fourth-order valence-corrected chi connectivity index (χ4v) is 2.49. The van der Waals surface area contributed by atoms with Crippen molar-refractivity contribution < 1.29 is 4.79 Å². The van der Waals surface area contributed by atoms with Crippen LogP contribution in [0.2, 0.25) is 0 Å². The first kappa shape index (κ1) is 13.5. The molecule has 0 saturated carbocycles. The van der Waals surface area contributed by atoms with Crippen LogP contribution in [0.15, 0.2) is 23.4 Å². The number of benzene rings is 1. The van der Waals surface area contributed by atoms with E-state index >= 15 is 0 Å². The van der Waals surface area contributed by atoms with Gasteiger partial charge in [0.05, 0.1) is 10.9 Å². The van der Waals surface area contributed by atoms with Crippen LogP contribution in [0.4, 0.5) is 0 Å². The number of aromatic nitrogens is 4. The molecular weight excluding hydrogens is 262 g/mol. The molecule has 1 heterocycles. The molecule has 0 aliphatic carbocycles. The minimum atomic E-state index is -0.388. The van der Waals surface area contributed by atoms with Gasteiger partial charge in [0, 0.05) is 0 Å². The molecule has 2 aromatic rings. The molecule has 0 fully saturated rings. The Morgan fingerprint density at radius 1 is 1.37 bits per heavy atom. The molecule has 6 nitrogen and oxygen atoms in total. The van der Waals surface area contributed by atoms with Crippen LogP contribution in [0.5, 0.6) is 0 Å². The Kier molecular flexibility index (Phi) is 3.84. The summed E-state index contributed by atoms with van der Waals surface area (Å²) in [5.74, 6) is -0.388. The Morgan fingerprint density at radius 2 is 2.00 bits per heavy atom. The second-order valence-electron chi connectivity index (χ2n) is 4.28. The lowest BCUT2D eigenvalue weighted by Gasteiger charge is -2.11. The molecule has 0 unspecified atom stereocenters. The van der Waals surface area contributed by atoms with Gasteiger partial charge in [-0.05, 0) is 42.3 Å². The van der Waals surface area contributed by atoms with Crippen molar-refractivity contribution in [1.82, 2.24) is 20.2 Å². The first-order chi connectivity index (χ1) is 9.00. The molecule has 19 heavy (non-hydrogen) atoms. The molecular formula is C12H15N5OS. The minimum absolute atomic E-state index is 0.380. The molecule has 0 spiro atoms. The van der Waals surface area contributed by atoms with Crippen molar-refractivity contribution >= 4 is 17.7 Å². The normalized spacial score (nSPS) is 12.4. The van der Waals surface area contributed by atoms with Gasteiger partial charge < -0.3 is 5.73 Å². The number of primary amides is 1. The van der Waals surface area contributed by atoms with Gasteiger partial charge in [-0.3, -0.25) is 4.79 Å². The maximum Gasteiger partial charge on any atom is 0.230 e. The molecule has 0 bridgehead atoms. The van der Waals surface area contributed by atoms with Gasteiger partial charge in [0.25, 0.3) is 0 Å². The summed E-state index contributed by atoms with van der Waals surface area (Å²) >= 11 is 1.25. The summed E-state index contributed by atoms with van der Waals surface area (Å²) in [6, 6.07) is 5.98. The molecule has 100 valence electrons. The Bertz CT molecular complexity index is 590. The first-order valence-corrected chi connectivity index (χ1v) is 6.69. The van der Waals surface area contributed by atoms with Gasteiger partial charge in [-0.1, -0.05) is 30.0 Å². The smallest absolute Gasteiger partial charge is 0.230 e. The van der Waals surface area contributed by atoms with Crippen molar-refractivity contribution in [1.29, 1.82) is 0 Å². The van der Waals surface area contributed by atoms with E-state index in [0.717, 1.165) is 16.8 Å². The van der Waals surface area contributed by atoms with E-state index in [4.69, 9.17) is 5.73 Å². The van der Waals surface area contributed by atoms with E-state index in [1.165, 1.54) is 11.8 Å². The highest BCUT2D eigenvalue weighted by atomic mass is 32.2. The Morgan fingerprint density at radius 3 is 2.58 bits per heavy atom. The maximum absolute atomic E-state index is 11.1. The minimum Gasteiger partial charge on any atom is -0.369 e. The van der Waals surface area contributed by atoms with Gasteiger partial charge in [-0.2, -0.15) is 4.68 Å². The molecule has 1 aromatic carbocycles. The second kappa shape index (κ2) is 5.40. The van der Waals surface area contributed by atoms with Crippen molar-refractivity contribution in [3.63, 3.8) is 0 Å². The van der Waals surface area contributed by atoms with Gasteiger partial charge in [0.1, 0.15) is 0 Å². The number of nitrogens with two attached hydrogens (primary N) is 1. The number of rotatable bonds is 4. The Balaban J connectivity index is 2.42. The molecule has 0 saturated heterocycles. The zero-order valence-corrected chi connectivity index (χ0v) is 11.8. The number of amides is 1. The average molecular weight is 277 g/mol. The van der Waals surface area contributed by atoms with E-state index in [2.05, 4.69) is 15.5 Å². The Hall–Kier alpha value is -1.89. The van der Waals surface area contributed by atoms with Crippen molar-refractivity contribution in [2.45, 2.75) is 31.2 Å². The van der Waals surface area contributed by atoms with Crippen LogP contribution in [0.3, 0.4) is 0 Å². The fourth-order valence-electron chi connectivity index (χ4n) is 1.75. The topological polar surface area (TPSA) is 86.7 Å². The van der Waals surface area contributed by atoms with Crippen LogP contribution >= 0.6 is 11.8 Å². The maximum atomic E-state index is 11.1. The monoisotopic (exact) mass is 277 g/mol. The van der Waals surface area contributed by atoms with Gasteiger partial charge in [0.15, 0.2) is 0 Å². The largest absolute Gasteiger partial charge is 0.369 e. The summed E-state index contributed by atoms with van der Waals surface area (Å²) in [4.78, 5) is 11.1. The molecule has 7 heteroatoms. The quantitative estimate of drug-likeness (QED) is 0.850. The zero-order valence-electron chi connectivity index (χ0n) is 11.0. The van der Waals surface area contributed by atoms with E-state index in [1.807, 2.05) is 32.0 Å². The molecule has 2 N–H and O–H groups in total. The second-order valence-corrected chi connectivity index (χ2v) is 5.58. The molecule has 0 aliphatic heterocycles. The summed E-state index contributed by atoms with van der Waals surface area (Å²) in [5, 5.41) is 11.8. The highest BCUT2D eigenvalue weighted by Crippen LogP contribution is 2.25. The van der Waals surface area contributed by atoms with Gasteiger partial charge in [0.2, 0.25) is 11.1 Å². The van der Waals surface area contributed by atoms with Gasteiger partial charge in [-0.15, -0.1) is 5.10 Å². The van der Waals surface area contributed by atoms with E-state index < -0.39 is 0 Å². The molecule has 0 aliphatic rings. The predicted molar refractivity (Wildman–Crippen MR) is 73.1 cm³/mol. The average Bonchev–Trinajstić information content (AvgIpc) is 2.77. The number of hydrogen-bond donors (Lipinski definition) is 1. The highest BCUT2D eigenvalue weighted by molar-refractivity contribution is 8.00. The molecule has 1 amide bonds. The van der Waals surface area contributed by atoms with Crippen LogP contribution in [0.25, 0.3) is 5.69 Å². The van der Waals surface area contributed by atoms with Crippen molar-refractivity contribution in [2.24, 2.45) is 5.73 Å². The van der Waals surface area contributed by atoms with Crippen molar-refractivity contribution in [3.05, 3.63) is 29.3 Å². The predicted octanol–water partition coefficient (Wildman–Crippen LogP) is 1.25. The number of aryl methyl sites for hydroxylation is 2. The van der Waals surface area contributed by atoms with Gasteiger partial charge in [-0.25, -0.2) is 0 Å². The third-order valence-electron chi connectivity index (χ3n) is 2.78. The zero-order chi connectivity index (χ0) is 14.0. The number of carbonyl (C=O) groups excluding carboxylic acids is 1. The van der Waals surface area contributed by atoms with E-state index in [0.29, 0.717) is 5.16 Å². The number of nitrogens with zero attached hydrogens (tertiary/aromatic N) is 4. The van der Waals surface area contributed by atoms with Crippen LogP contribution in [0.1, 0.15) is 18.1 Å². The molecule has 1 atom stereocenters. The number of thioether (sulfide) groups is 1. The first-order valence-electron chi connectivity index (χ1n) is 5.81. The summed E-state index contributed by atoms with van der Waals surface area (Å²) in [6.45, 7) is 5.72. The van der Waals surface area contributed by atoms with E-state index in [9.17, 15) is 4.79 Å². The van der Waals surface area contributed by atoms with E-state index in [-0.39, 0.29) is 11.2 Å². The number of carbonyl (C=O) groups is 1. The Labute approximate surface area is 115 Å². The van der Waals surface area contributed by atoms with Gasteiger partial charge >= 0.3 is 0 Å².